The Morgan fingerprint density at radius 1 is 0.729 bits per heavy atom. The van der Waals surface area contributed by atoms with Gasteiger partial charge in [-0.1, -0.05) is 95.3 Å². The number of nitrogens with zero attached hydrogens (tertiary/aromatic N) is 2. The van der Waals surface area contributed by atoms with Crippen molar-refractivity contribution in [2.24, 2.45) is 4.99 Å². The molecule has 0 atom stereocenters. The molecule has 0 fully saturated rings. The number of halogens is 6. The molecular formula is C35H44Cl3F3N2O3RuS. The molecule has 0 bridgehead atoms. The molecular weight excluding hydrogens is 793 g/mol. The van der Waals surface area contributed by atoms with E-state index in [1.54, 1.807) is 0 Å². The Bertz CT molecular complexity index is 1540. The van der Waals surface area contributed by atoms with E-state index in [4.69, 9.17) is 58.1 Å². The van der Waals surface area contributed by atoms with Gasteiger partial charge in [0.25, 0.3) is 0 Å². The number of rotatable bonds is 4. The molecule has 3 rings (SSSR count). The number of aryl methyl sites for hydroxylation is 4. The maximum atomic E-state index is 10.7. The van der Waals surface area contributed by atoms with Gasteiger partial charge in [0, 0.05) is 5.71 Å². The molecule has 0 saturated heterocycles. The SMILES string of the molecule is CC(/C=C(/C)[N-]c1c(C)cccc1C)=Nc1c(C)cccc1C.Cc1c(C)c(C)c(C)c(C)c1C.ClC(Cl)Cl.O=S(=O)([O-])C(F)(F)F.[Ru+2]. The second-order valence-corrected chi connectivity index (χ2v) is 14.4. The summed E-state index contributed by atoms with van der Waals surface area (Å²) in [5, 5.41) is 4.76. The van der Waals surface area contributed by atoms with Crippen LogP contribution in [0, 0.1) is 69.2 Å². The van der Waals surface area contributed by atoms with Gasteiger partial charge in [-0.3, -0.25) is 4.99 Å². The minimum absolute atomic E-state index is 0. The van der Waals surface area contributed by atoms with Crippen molar-refractivity contribution >= 4 is 62.0 Å². The molecule has 0 radical (unpaired) electrons. The molecule has 3 aromatic carbocycles. The Balaban J connectivity index is 0. The molecule has 0 unspecified atom stereocenters. The van der Waals surface area contributed by atoms with Crippen LogP contribution in [0.15, 0.2) is 53.2 Å². The summed E-state index contributed by atoms with van der Waals surface area (Å²) in [4.78, 5) is 4.76. The van der Waals surface area contributed by atoms with E-state index >= 15 is 0 Å². The van der Waals surface area contributed by atoms with Gasteiger partial charge in [0.15, 0.2) is 14.4 Å². The third-order valence-corrected chi connectivity index (χ3v) is 8.10. The average Bonchev–Trinajstić information content (AvgIpc) is 2.93. The van der Waals surface area contributed by atoms with Crippen molar-refractivity contribution in [3.63, 3.8) is 0 Å². The van der Waals surface area contributed by atoms with Crippen LogP contribution >= 0.6 is 34.8 Å². The summed E-state index contributed by atoms with van der Waals surface area (Å²) in [6, 6.07) is 12.5. The molecule has 0 amide bonds. The van der Waals surface area contributed by atoms with E-state index in [2.05, 4.69) is 106 Å². The minimum atomic E-state index is -6.09. The summed E-state index contributed by atoms with van der Waals surface area (Å²) >= 11 is 14.4. The summed E-state index contributed by atoms with van der Waals surface area (Å²) in [5.41, 5.74) is 11.9. The van der Waals surface area contributed by atoms with Gasteiger partial charge < -0.3 is 9.87 Å². The normalized spacial score (nSPS) is 11.7. The zero-order chi connectivity index (χ0) is 37.0. The van der Waals surface area contributed by atoms with Crippen molar-refractivity contribution in [2.75, 3.05) is 0 Å². The van der Waals surface area contributed by atoms with Crippen LogP contribution in [0.25, 0.3) is 5.32 Å². The molecule has 0 heterocycles. The predicted octanol–water partition coefficient (Wildman–Crippen LogP) is 12.2. The van der Waals surface area contributed by atoms with Crippen LogP contribution in [0.3, 0.4) is 0 Å². The van der Waals surface area contributed by atoms with Crippen LogP contribution in [0.2, 0.25) is 0 Å². The molecule has 0 aliphatic rings. The summed E-state index contributed by atoms with van der Waals surface area (Å²) < 4.78 is 58.2. The van der Waals surface area contributed by atoms with Crippen molar-refractivity contribution in [3.8, 4) is 0 Å². The Morgan fingerprint density at radius 2 is 1.00 bits per heavy atom. The van der Waals surface area contributed by atoms with Gasteiger partial charge in [0.05, 0.1) is 5.69 Å². The molecule has 0 aliphatic carbocycles. The molecule has 13 heteroatoms. The Hall–Kier alpha value is -1.94. The standard InChI is InChI=1S/C21H25N2.C12H18.CHCl3.CHF3O3S.Ru/c1-14-9-7-10-15(2)20(14)22-18(5)13-19(6)23-21-16(3)11-8-12-17(21)4;1-7-8(2)10(4)12(6)11(5)9(7)3;2-1(3)4;2-1(3,4)8(5,6)7;/h7-13H,1-6H3;1-6H3;1H;(H,5,6,7);/q-1;;;;+2/p-1/b18-13-,23-19?;;;;. The third-order valence-electron chi connectivity index (χ3n) is 7.53. The zero-order valence-electron chi connectivity index (χ0n) is 29.3. The van der Waals surface area contributed by atoms with Gasteiger partial charge in [-0.15, -0.1) is 5.69 Å². The monoisotopic (exact) mass is 836 g/mol. The van der Waals surface area contributed by atoms with Crippen molar-refractivity contribution < 1.29 is 45.6 Å². The van der Waals surface area contributed by atoms with Gasteiger partial charge in [-0.25, -0.2) is 8.42 Å². The van der Waals surface area contributed by atoms with Gasteiger partial charge in [0.1, 0.15) is 0 Å². The maximum Gasteiger partial charge on any atom is 2.00 e. The van der Waals surface area contributed by atoms with Crippen LogP contribution in [0.1, 0.15) is 69.5 Å². The Kier molecular flexibility index (Phi) is 21.4. The average molecular weight is 837 g/mol. The van der Waals surface area contributed by atoms with Crippen molar-refractivity contribution in [2.45, 2.75) is 92.9 Å². The minimum Gasteiger partial charge on any atom is -0.741 e. The molecule has 0 aliphatic heterocycles. The predicted molar refractivity (Wildman–Crippen MR) is 193 cm³/mol. The summed E-state index contributed by atoms with van der Waals surface area (Å²) in [6.07, 6.45) is 2.04. The topological polar surface area (TPSA) is 83.7 Å². The smallest absolute Gasteiger partial charge is 0.741 e. The van der Waals surface area contributed by atoms with Gasteiger partial charge in [-0.05, 0) is 121 Å². The number of aliphatic imine (C=N–C) groups is 1. The summed E-state index contributed by atoms with van der Waals surface area (Å²) in [7, 11) is -6.09. The first-order valence-corrected chi connectivity index (χ1v) is 17.1. The molecule has 5 nitrogen and oxygen atoms in total. The second kappa shape index (κ2) is 21.3. The largest absolute Gasteiger partial charge is 2.00 e. The van der Waals surface area contributed by atoms with Gasteiger partial charge in [0.2, 0.25) is 0 Å². The van der Waals surface area contributed by atoms with Crippen LogP contribution in [0.5, 0.6) is 0 Å². The molecule has 0 N–H and O–H groups in total. The number of hydrogen-bond donors (Lipinski definition) is 0. The van der Waals surface area contributed by atoms with E-state index in [0.717, 1.165) is 22.8 Å². The van der Waals surface area contributed by atoms with Crippen LogP contribution in [0.4, 0.5) is 24.5 Å². The van der Waals surface area contributed by atoms with E-state index < -0.39 is 19.9 Å². The van der Waals surface area contributed by atoms with Gasteiger partial charge >= 0.3 is 25.0 Å². The zero-order valence-corrected chi connectivity index (χ0v) is 34.1. The first-order valence-electron chi connectivity index (χ1n) is 14.4. The fourth-order valence-corrected chi connectivity index (χ4v) is 4.37. The van der Waals surface area contributed by atoms with Crippen molar-refractivity contribution in [1.29, 1.82) is 0 Å². The summed E-state index contributed by atoms with van der Waals surface area (Å²) in [6.45, 7) is 25.7. The molecule has 0 aromatic heterocycles. The first kappa shape index (κ1) is 48.2. The number of alkyl halides is 6. The Labute approximate surface area is 312 Å². The summed E-state index contributed by atoms with van der Waals surface area (Å²) in [5.74, 6) is 0. The van der Waals surface area contributed by atoms with E-state index in [1.807, 2.05) is 19.9 Å². The van der Waals surface area contributed by atoms with Crippen LogP contribution in [-0.2, 0) is 29.6 Å². The molecule has 0 saturated carbocycles. The van der Waals surface area contributed by atoms with E-state index in [0.29, 0.717) is 0 Å². The molecule has 268 valence electrons. The van der Waals surface area contributed by atoms with E-state index in [1.165, 1.54) is 55.6 Å². The quantitative estimate of drug-likeness (QED) is 0.0862. The fraction of sp³-hybridized carbons (Fsp3) is 0.400. The third kappa shape index (κ3) is 16.2. The van der Waals surface area contributed by atoms with E-state index in [-0.39, 0.29) is 19.5 Å². The molecule has 48 heavy (non-hydrogen) atoms. The van der Waals surface area contributed by atoms with Crippen molar-refractivity contribution in [3.05, 3.63) is 109 Å². The maximum absolute atomic E-state index is 10.7. The van der Waals surface area contributed by atoms with Crippen molar-refractivity contribution in [1.82, 2.24) is 0 Å². The molecule has 0 spiro atoms. The number of benzene rings is 3. The number of para-hydroxylation sites is 2. The van der Waals surface area contributed by atoms with Gasteiger partial charge in [-0.2, -0.15) is 18.9 Å². The second-order valence-electron chi connectivity index (χ2n) is 11.0. The molecule has 3 aromatic rings. The first-order chi connectivity index (χ1) is 21.3. The van der Waals surface area contributed by atoms with Crippen LogP contribution in [-0.4, -0.2) is 28.5 Å². The fourth-order valence-electron chi connectivity index (χ4n) is 4.37. The number of allylic oxidation sites excluding steroid dienone is 2. The Morgan fingerprint density at radius 3 is 1.27 bits per heavy atom. The van der Waals surface area contributed by atoms with Crippen LogP contribution < -0.4 is 0 Å². The van der Waals surface area contributed by atoms with E-state index in [9.17, 15) is 13.2 Å². The number of hydrogen-bond acceptors (Lipinski definition) is 4.